The first-order chi connectivity index (χ1) is 13.0. The molecule has 27 heavy (non-hydrogen) atoms. The van der Waals surface area contributed by atoms with Gasteiger partial charge in [-0.25, -0.2) is 0 Å². The van der Waals surface area contributed by atoms with Gasteiger partial charge in [0, 0.05) is 12.0 Å². The molecule has 9 heteroatoms. The van der Waals surface area contributed by atoms with Crippen molar-refractivity contribution in [2.75, 3.05) is 59.1 Å². The molecule has 8 nitrogen and oxygen atoms in total. The lowest BCUT2D eigenvalue weighted by atomic mass is 10.1. The molecule has 1 aromatic carbocycles. The third kappa shape index (κ3) is 8.81. The lowest BCUT2D eigenvalue weighted by Crippen LogP contribution is -2.14. The lowest BCUT2D eigenvalue weighted by molar-refractivity contribution is 0.00532. The number of rotatable bonds is 14. The number of fused-ring (bicyclic) bond motifs is 1. The summed E-state index contributed by atoms with van der Waals surface area (Å²) in [6.07, 6.45) is 2.37. The highest BCUT2D eigenvalue weighted by Gasteiger charge is 2.19. The van der Waals surface area contributed by atoms with Crippen LogP contribution in [0.3, 0.4) is 0 Å². The molecule has 0 fully saturated rings. The SMILES string of the molecule is CS(=O)(=O)OCCOCCOCCOCCOc1ccc2c(c1)CCC2=O. The predicted octanol–water partition coefficient (Wildman–Crippen LogP) is 1.22. The van der Waals surface area contributed by atoms with E-state index in [2.05, 4.69) is 4.18 Å². The van der Waals surface area contributed by atoms with Crippen molar-refractivity contribution < 1.29 is 36.3 Å². The van der Waals surface area contributed by atoms with Gasteiger partial charge in [-0.2, -0.15) is 8.42 Å². The zero-order valence-corrected chi connectivity index (χ0v) is 16.3. The minimum Gasteiger partial charge on any atom is -0.491 e. The lowest BCUT2D eigenvalue weighted by Gasteiger charge is -2.09. The van der Waals surface area contributed by atoms with Crippen molar-refractivity contribution in [2.24, 2.45) is 0 Å². The highest BCUT2D eigenvalue weighted by Crippen LogP contribution is 2.25. The molecule has 0 spiro atoms. The van der Waals surface area contributed by atoms with E-state index >= 15 is 0 Å². The fraction of sp³-hybridized carbons (Fsp3) is 0.611. The first kappa shape index (κ1) is 21.8. The summed E-state index contributed by atoms with van der Waals surface area (Å²) in [6, 6.07) is 5.56. The molecule has 0 atom stereocenters. The largest absolute Gasteiger partial charge is 0.491 e. The molecule has 2 rings (SSSR count). The molecule has 0 bridgehead atoms. The number of ether oxygens (including phenoxy) is 4. The van der Waals surface area contributed by atoms with Crippen molar-refractivity contribution in [2.45, 2.75) is 12.8 Å². The molecule has 152 valence electrons. The monoisotopic (exact) mass is 402 g/mol. The van der Waals surface area contributed by atoms with Crippen LogP contribution in [0.25, 0.3) is 0 Å². The quantitative estimate of drug-likeness (QED) is 0.338. The van der Waals surface area contributed by atoms with E-state index in [0.29, 0.717) is 46.1 Å². The first-order valence-corrected chi connectivity index (χ1v) is 10.6. The molecule has 0 aliphatic heterocycles. The second-order valence-electron chi connectivity index (χ2n) is 5.95. The summed E-state index contributed by atoms with van der Waals surface area (Å²) < 4.78 is 47.5. The molecule has 1 aromatic rings. The number of carbonyl (C=O) groups is 1. The minimum absolute atomic E-state index is 0.00245. The maximum atomic E-state index is 11.6. The summed E-state index contributed by atoms with van der Waals surface area (Å²) in [6.45, 7) is 2.70. The normalized spacial score (nSPS) is 13.7. The molecule has 0 radical (unpaired) electrons. The fourth-order valence-corrected chi connectivity index (χ4v) is 2.90. The van der Waals surface area contributed by atoms with Crippen LogP contribution in [0.2, 0.25) is 0 Å². The van der Waals surface area contributed by atoms with Gasteiger partial charge in [0.1, 0.15) is 12.4 Å². The molecule has 0 saturated heterocycles. The van der Waals surface area contributed by atoms with E-state index in [1.54, 1.807) is 0 Å². The van der Waals surface area contributed by atoms with Crippen molar-refractivity contribution in [3.05, 3.63) is 29.3 Å². The second kappa shape index (κ2) is 11.4. The number of hydrogen-bond acceptors (Lipinski definition) is 8. The Bertz CT molecular complexity index is 701. The summed E-state index contributed by atoms with van der Waals surface area (Å²) in [4.78, 5) is 11.6. The highest BCUT2D eigenvalue weighted by molar-refractivity contribution is 7.85. The molecule has 0 amide bonds. The molecule has 0 saturated carbocycles. The van der Waals surface area contributed by atoms with Crippen molar-refractivity contribution >= 4 is 15.9 Å². The number of carbonyl (C=O) groups excluding carboxylic acids is 1. The Balaban J connectivity index is 1.40. The van der Waals surface area contributed by atoms with Gasteiger partial charge < -0.3 is 18.9 Å². The standard InChI is InChI=1S/C18H26O8S/c1-27(20,21)26-13-11-24-9-7-22-6-8-23-10-12-25-16-3-4-17-15(14-16)2-5-18(17)19/h3-4,14H,2,5-13H2,1H3. The van der Waals surface area contributed by atoms with Crippen molar-refractivity contribution in [1.82, 2.24) is 0 Å². The smallest absolute Gasteiger partial charge is 0.264 e. The number of ketones is 1. The Labute approximate surface area is 159 Å². The zero-order valence-electron chi connectivity index (χ0n) is 15.5. The van der Waals surface area contributed by atoms with Gasteiger partial charge in [-0.15, -0.1) is 0 Å². The van der Waals surface area contributed by atoms with Crippen LogP contribution in [0, 0.1) is 0 Å². The van der Waals surface area contributed by atoms with Gasteiger partial charge >= 0.3 is 0 Å². The van der Waals surface area contributed by atoms with Gasteiger partial charge in [-0.3, -0.25) is 8.98 Å². The Kier molecular flexibility index (Phi) is 9.16. The molecular weight excluding hydrogens is 376 g/mol. The molecule has 1 aliphatic carbocycles. The average Bonchev–Trinajstić information content (AvgIpc) is 2.98. The van der Waals surface area contributed by atoms with E-state index in [4.69, 9.17) is 18.9 Å². The number of hydrogen-bond donors (Lipinski definition) is 0. The van der Waals surface area contributed by atoms with Crippen LogP contribution in [-0.4, -0.2) is 73.3 Å². The number of Topliss-reactive ketones (excluding diaryl/α,β-unsaturated/α-hetero) is 1. The van der Waals surface area contributed by atoms with Crippen LogP contribution in [0.15, 0.2) is 18.2 Å². The van der Waals surface area contributed by atoms with Gasteiger partial charge in [0.05, 0.1) is 52.5 Å². The molecule has 1 aliphatic rings. The minimum atomic E-state index is -3.41. The number of aryl methyl sites for hydroxylation is 1. The molecule has 0 heterocycles. The van der Waals surface area contributed by atoms with E-state index < -0.39 is 10.1 Å². The van der Waals surface area contributed by atoms with Crippen LogP contribution < -0.4 is 4.74 Å². The third-order valence-corrected chi connectivity index (χ3v) is 4.36. The second-order valence-corrected chi connectivity index (χ2v) is 7.60. The van der Waals surface area contributed by atoms with E-state index in [1.807, 2.05) is 18.2 Å². The Morgan fingerprint density at radius 3 is 2.07 bits per heavy atom. The van der Waals surface area contributed by atoms with Crippen LogP contribution >= 0.6 is 0 Å². The zero-order chi connectivity index (χ0) is 19.5. The van der Waals surface area contributed by atoms with Crippen molar-refractivity contribution in [3.8, 4) is 5.75 Å². The van der Waals surface area contributed by atoms with E-state index in [1.165, 1.54) is 0 Å². The Morgan fingerprint density at radius 1 is 0.852 bits per heavy atom. The Hall–Kier alpha value is -1.52. The summed E-state index contributed by atoms with van der Waals surface area (Å²) >= 11 is 0. The van der Waals surface area contributed by atoms with Gasteiger partial charge in [-0.05, 0) is 30.2 Å². The summed E-state index contributed by atoms with van der Waals surface area (Å²) in [5.41, 5.74) is 1.86. The van der Waals surface area contributed by atoms with Crippen LogP contribution in [0.4, 0.5) is 0 Å². The molecule has 0 N–H and O–H groups in total. The van der Waals surface area contributed by atoms with Crippen LogP contribution in [0.1, 0.15) is 22.3 Å². The van der Waals surface area contributed by atoms with Crippen LogP contribution in [-0.2, 0) is 34.9 Å². The maximum absolute atomic E-state index is 11.6. The van der Waals surface area contributed by atoms with Crippen LogP contribution in [0.5, 0.6) is 5.75 Å². The van der Waals surface area contributed by atoms with E-state index in [9.17, 15) is 13.2 Å². The summed E-state index contributed by atoms with van der Waals surface area (Å²) in [5.74, 6) is 0.952. The average molecular weight is 402 g/mol. The molecule has 0 aromatic heterocycles. The topological polar surface area (TPSA) is 97.4 Å². The fourth-order valence-electron chi connectivity index (χ4n) is 2.53. The Morgan fingerprint density at radius 2 is 1.44 bits per heavy atom. The third-order valence-electron chi connectivity index (χ3n) is 3.76. The maximum Gasteiger partial charge on any atom is 0.264 e. The van der Waals surface area contributed by atoms with Crippen molar-refractivity contribution in [3.63, 3.8) is 0 Å². The summed E-state index contributed by atoms with van der Waals surface area (Å²) in [5, 5.41) is 0. The molecule has 0 unspecified atom stereocenters. The van der Waals surface area contributed by atoms with E-state index in [-0.39, 0.29) is 19.0 Å². The number of benzene rings is 1. The van der Waals surface area contributed by atoms with Gasteiger partial charge in [0.25, 0.3) is 10.1 Å². The van der Waals surface area contributed by atoms with Crippen molar-refractivity contribution in [1.29, 1.82) is 0 Å². The molecular formula is C18H26O8S. The first-order valence-electron chi connectivity index (χ1n) is 8.82. The van der Waals surface area contributed by atoms with Gasteiger partial charge in [0.15, 0.2) is 5.78 Å². The predicted molar refractivity (Wildman–Crippen MR) is 97.8 cm³/mol. The van der Waals surface area contributed by atoms with E-state index in [0.717, 1.165) is 29.6 Å². The highest BCUT2D eigenvalue weighted by atomic mass is 32.2. The van der Waals surface area contributed by atoms with Gasteiger partial charge in [0.2, 0.25) is 0 Å². The summed E-state index contributed by atoms with van der Waals surface area (Å²) in [7, 11) is -3.41. The van der Waals surface area contributed by atoms with Gasteiger partial charge in [-0.1, -0.05) is 0 Å².